The number of aromatic hydroxyl groups is 1. The number of fused-ring (bicyclic) bond motifs is 2. The van der Waals surface area contributed by atoms with Gasteiger partial charge in [-0.2, -0.15) is 0 Å². The van der Waals surface area contributed by atoms with Crippen LogP contribution in [0.2, 0.25) is 0 Å². The molecule has 0 spiro atoms. The summed E-state index contributed by atoms with van der Waals surface area (Å²) in [6.07, 6.45) is 1.58. The average Bonchev–Trinajstić information content (AvgIpc) is 2.58. The molecule has 0 bridgehead atoms. The van der Waals surface area contributed by atoms with E-state index in [2.05, 4.69) is 60.3 Å². The monoisotopic (exact) mass is 394 g/mol. The Labute approximate surface area is 170 Å². The van der Waals surface area contributed by atoms with E-state index in [1.165, 1.54) is 11.1 Å². The first-order chi connectivity index (χ1) is 12.4. The van der Waals surface area contributed by atoms with Gasteiger partial charge in [-0.25, -0.2) is 9.97 Å². The third-order valence-electron chi connectivity index (χ3n) is 4.94. The zero-order chi connectivity index (χ0) is 18.4. The van der Waals surface area contributed by atoms with Crippen molar-refractivity contribution in [3.8, 4) is 5.75 Å². The molecule has 0 aliphatic heterocycles. The molecule has 0 atom stereocenters. The SMILES string of the molecule is Cc1cc(C)c2c(O)ccc(Nc3ncnc4cc(C)c(C)cc34)c2c1.[V]. The average molecular weight is 394 g/mol. The summed E-state index contributed by atoms with van der Waals surface area (Å²) in [6, 6.07) is 12.0. The summed E-state index contributed by atoms with van der Waals surface area (Å²) in [5.74, 6) is 1.06. The van der Waals surface area contributed by atoms with Crippen molar-refractivity contribution in [2.45, 2.75) is 27.7 Å². The molecule has 1 radical (unpaired) electrons. The Morgan fingerprint density at radius 2 is 1.56 bits per heavy atom. The fraction of sp³-hybridized carbons (Fsp3) is 0.182. The van der Waals surface area contributed by atoms with Gasteiger partial charge in [0.05, 0.1) is 5.52 Å². The van der Waals surface area contributed by atoms with Gasteiger partial charge in [-0.05, 0) is 74.7 Å². The minimum Gasteiger partial charge on any atom is -0.507 e. The number of anilines is 2. The van der Waals surface area contributed by atoms with Gasteiger partial charge in [0.15, 0.2) is 0 Å². The van der Waals surface area contributed by atoms with Gasteiger partial charge in [0.1, 0.15) is 17.9 Å². The topological polar surface area (TPSA) is 58.0 Å². The number of phenols is 1. The maximum absolute atomic E-state index is 10.3. The Morgan fingerprint density at radius 3 is 2.33 bits per heavy atom. The number of nitrogens with zero attached hydrogens (tertiary/aromatic N) is 2. The molecule has 0 saturated heterocycles. The number of hydrogen-bond donors (Lipinski definition) is 2. The van der Waals surface area contributed by atoms with Crippen molar-refractivity contribution < 1.29 is 23.7 Å². The Hall–Kier alpha value is -2.56. The van der Waals surface area contributed by atoms with Crippen LogP contribution in [0, 0.1) is 27.7 Å². The number of hydrogen-bond acceptors (Lipinski definition) is 4. The molecule has 0 saturated carbocycles. The molecule has 3 aromatic carbocycles. The van der Waals surface area contributed by atoms with E-state index in [4.69, 9.17) is 0 Å². The minimum atomic E-state index is 0. The Morgan fingerprint density at radius 1 is 0.815 bits per heavy atom. The number of aromatic nitrogens is 2. The standard InChI is InChI=1S/C22H21N3O.V/c1-12-7-15(4)21-16(8-12)18(5-6-20(21)26)25-22-17-9-13(2)14(3)10-19(17)23-11-24-22;/h5-11,26H,1-4H3,(H,23,24,25);. The van der Waals surface area contributed by atoms with Crippen LogP contribution in [-0.2, 0) is 18.6 Å². The van der Waals surface area contributed by atoms with Gasteiger partial charge >= 0.3 is 0 Å². The predicted molar refractivity (Wildman–Crippen MR) is 107 cm³/mol. The molecule has 4 rings (SSSR count). The summed E-state index contributed by atoms with van der Waals surface area (Å²) in [5.41, 5.74) is 6.47. The zero-order valence-corrected chi connectivity index (χ0v) is 17.2. The van der Waals surface area contributed by atoms with Gasteiger partial charge in [0.25, 0.3) is 0 Å². The van der Waals surface area contributed by atoms with Crippen molar-refractivity contribution in [3.05, 3.63) is 65.0 Å². The molecular formula is C22H21N3OV. The van der Waals surface area contributed by atoms with Crippen molar-refractivity contribution in [1.29, 1.82) is 0 Å². The van der Waals surface area contributed by atoms with Crippen LogP contribution in [0.5, 0.6) is 5.75 Å². The van der Waals surface area contributed by atoms with E-state index in [-0.39, 0.29) is 18.6 Å². The van der Waals surface area contributed by atoms with E-state index in [9.17, 15) is 5.11 Å². The van der Waals surface area contributed by atoms with Crippen molar-refractivity contribution >= 4 is 33.2 Å². The summed E-state index contributed by atoms with van der Waals surface area (Å²) in [5, 5.41) is 16.6. The van der Waals surface area contributed by atoms with Gasteiger partial charge in [0.2, 0.25) is 0 Å². The second-order valence-electron chi connectivity index (χ2n) is 6.94. The van der Waals surface area contributed by atoms with Crippen LogP contribution in [0.15, 0.2) is 42.7 Å². The van der Waals surface area contributed by atoms with Gasteiger partial charge in [-0.15, -0.1) is 0 Å². The summed E-state index contributed by atoms with van der Waals surface area (Å²) in [4.78, 5) is 8.86. The van der Waals surface area contributed by atoms with Crippen LogP contribution in [0.1, 0.15) is 22.3 Å². The number of aryl methyl sites for hydroxylation is 4. The third kappa shape index (κ3) is 3.38. The van der Waals surface area contributed by atoms with E-state index in [1.54, 1.807) is 12.4 Å². The molecule has 27 heavy (non-hydrogen) atoms. The molecule has 1 aromatic heterocycles. The first kappa shape index (κ1) is 19.2. The summed E-state index contributed by atoms with van der Waals surface area (Å²) in [6.45, 7) is 8.26. The van der Waals surface area contributed by atoms with Crippen LogP contribution in [0.3, 0.4) is 0 Å². The maximum Gasteiger partial charge on any atom is 0.141 e. The van der Waals surface area contributed by atoms with Crippen LogP contribution in [-0.4, -0.2) is 15.1 Å². The molecule has 4 aromatic rings. The van der Waals surface area contributed by atoms with E-state index >= 15 is 0 Å². The Bertz CT molecular complexity index is 1170. The maximum atomic E-state index is 10.3. The fourth-order valence-corrected chi connectivity index (χ4v) is 3.51. The number of rotatable bonds is 2. The predicted octanol–water partition coefficient (Wildman–Crippen LogP) is 5.46. The van der Waals surface area contributed by atoms with E-state index in [1.807, 2.05) is 13.0 Å². The van der Waals surface area contributed by atoms with E-state index in [0.717, 1.165) is 44.3 Å². The van der Waals surface area contributed by atoms with Crippen LogP contribution in [0.25, 0.3) is 21.7 Å². The summed E-state index contributed by atoms with van der Waals surface area (Å²) >= 11 is 0. The molecule has 1 heterocycles. The largest absolute Gasteiger partial charge is 0.507 e. The van der Waals surface area contributed by atoms with Gasteiger partial charge in [-0.1, -0.05) is 11.6 Å². The third-order valence-corrected chi connectivity index (χ3v) is 4.94. The molecule has 0 unspecified atom stereocenters. The number of nitrogens with one attached hydrogen (secondary N) is 1. The second kappa shape index (κ2) is 7.22. The summed E-state index contributed by atoms with van der Waals surface area (Å²) < 4.78 is 0. The fourth-order valence-electron chi connectivity index (χ4n) is 3.51. The van der Waals surface area contributed by atoms with Gasteiger partial charge in [0, 0.05) is 40.4 Å². The van der Waals surface area contributed by atoms with E-state index < -0.39 is 0 Å². The quantitative estimate of drug-likeness (QED) is 0.443. The normalized spacial score (nSPS) is 10.8. The molecule has 2 N–H and O–H groups in total. The molecule has 0 aliphatic rings. The van der Waals surface area contributed by atoms with Crippen molar-refractivity contribution in [2.75, 3.05) is 5.32 Å². The Kier molecular flexibility index (Phi) is 5.14. The molecule has 0 aliphatic carbocycles. The molecular weight excluding hydrogens is 373 g/mol. The zero-order valence-electron chi connectivity index (χ0n) is 15.8. The molecule has 0 fully saturated rings. The smallest absolute Gasteiger partial charge is 0.141 e. The van der Waals surface area contributed by atoms with Crippen molar-refractivity contribution in [3.63, 3.8) is 0 Å². The van der Waals surface area contributed by atoms with Crippen LogP contribution in [0.4, 0.5) is 11.5 Å². The molecule has 0 amide bonds. The minimum absolute atomic E-state index is 0. The van der Waals surface area contributed by atoms with Crippen molar-refractivity contribution in [1.82, 2.24) is 9.97 Å². The summed E-state index contributed by atoms with van der Waals surface area (Å²) in [7, 11) is 0. The van der Waals surface area contributed by atoms with Crippen LogP contribution < -0.4 is 5.32 Å². The van der Waals surface area contributed by atoms with E-state index in [0.29, 0.717) is 5.75 Å². The first-order valence-corrected chi connectivity index (χ1v) is 8.66. The molecule has 4 nitrogen and oxygen atoms in total. The first-order valence-electron chi connectivity index (χ1n) is 8.66. The molecule has 5 heteroatoms. The van der Waals surface area contributed by atoms with Gasteiger partial charge < -0.3 is 10.4 Å². The van der Waals surface area contributed by atoms with Gasteiger partial charge in [-0.3, -0.25) is 0 Å². The number of phenolic OH excluding ortho intramolecular Hbond substituents is 1. The molecule has 135 valence electrons. The number of benzene rings is 3. The second-order valence-corrected chi connectivity index (χ2v) is 6.94. The Balaban J connectivity index is 0.00000210. The van der Waals surface area contributed by atoms with Crippen LogP contribution >= 0.6 is 0 Å². The van der Waals surface area contributed by atoms with Crippen molar-refractivity contribution in [2.24, 2.45) is 0 Å².